The lowest BCUT2D eigenvalue weighted by Crippen LogP contribution is -3.09. The Balaban J connectivity index is 1.88. The van der Waals surface area contributed by atoms with Crippen molar-refractivity contribution in [2.45, 2.75) is 13.5 Å². The number of ether oxygens (including phenoxy) is 2. The van der Waals surface area contributed by atoms with Gasteiger partial charge in [0.25, 0.3) is 5.91 Å². The predicted molar refractivity (Wildman–Crippen MR) is 94.1 cm³/mol. The Kier molecular flexibility index (Phi) is 6.62. The van der Waals surface area contributed by atoms with Crippen LogP contribution in [0, 0.1) is 6.92 Å². The summed E-state index contributed by atoms with van der Waals surface area (Å²) in [5, 5.41) is 0. The summed E-state index contributed by atoms with van der Waals surface area (Å²) >= 11 is 0. The largest absolute Gasteiger partial charge is 0.493 e. The molecule has 2 rings (SSSR count). The van der Waals surface area contributed by atoms with Crippen LogP contribution in [-0.2, 0) is 11.3 Å². The van der Waals surface area contributed by atoms with E-state index in [0.717, 1.165) is 16.0 Å². The van der Waals surface area contributed by atoms with Gasteiger partial charge in [-0.05, 0) is 36.8 Å². The highest BCUT2D eigenvalue weighted by molar-refractivity contribution is 5.92. The molecule has 0 bridgehead atoms. The molecule has 2 aromatic rings. The van der Waals surface area contributed by atoms with E-state index in [1.807, 2.05) is 26.1 Å². The number of nitrogens with one attached hydrogen (secondary N) is 3. The van der Waals surface area contributed by atoms with E-state index >= 15 is 0 Å². The molecule has 1 heterocycles. The van der Waals surface area contributed by atoms with Crippen molar-refractivity contribution in [1.82, 2.24) is 10.9 Å². The third-order valence-corrected chi connectivity index (χ3v) is 3.86. The monoisotopic (exact) mass is 362 g/mol. The summed E-state index contributed by atoms with van der Waals surface area (Å²) in [4.78, 5) is 24.7. The molecule has 1 aromatic heterocycles. The molecule has 26 heavy (non-hydrogen) atoms. The van der Waals surface area contributed by atoms with Gasteiger partial charge in [0, 0.05) is 5.56 Å². The second kappa shape index (κ2) is 8.91. The average molecular weight is 362 g/mol. The number of benzene rings is 1. The number of rotatable bonds is 7. The Bertz CT molecular complexity index is 758. The summed E-state index contributed by atoms with van der Waals surface area (Å²) in [6, 6.07) is 6.93. The molecule has 0 fully saturated rings. The molecule has 0 radical (unpaired) electrons. The molecule has 0 aliphatic carbocycles. The Morgan fingerprint density at radius 2 is 1.85 bits per heavy atom. The Labute approximate surface area is 152 Å². The maximum atomic E-state index is 12.0. The van der Waals surface area contributed by atoms with Gasteiger partial charge in [-0.25, -0.2) is 0 Å². The molecule has 140 valence electrons. The van der Waals surface area contributed by atoms with E-state index in [-0.39, 0.29) is 18.2 Å². The number of aryl methyl sites for hydroxylation is 1. The highest BCUT2D eigenvalue weighted by atomic mass is 16.5. The molecule has 3 N–H and O–H groups in total. The van der Waals surface area contributed by atoms with E-state index in [1.165, 1.54) is 12.3 Å². The van der Waals surface area contributed by atoms with E-state index in [2.05, 4.69) is 10.9 Å². The van der Waals surface area contributed by atoms with Gasteiger partial charge in [-0.15, -0.1) is 0 Å². The van der Waals surface area contributed by atoms with Crippen molar-refractivity contribution in [3.05, 3.63) is 47.4 Å². The van der Waals surface area contributed by atoms with Gasteiger partial charge in [0.15, 0.2) is 23.8 Å². The number of carbonyl (C=O) groups excluding carboxylic acids is 2. The van der Waals surface area contributed by atoms with Crippen LogP contribution in [0.5, 0.6) is 11.5 Å². The molecule has 1 unspecified atom stereocenters. The van der Waals surface area contributed by atoms with Crippen molar-refractivity contribution in [2.75, 3.05) is 27.8 Å². The van der Waals surface area contributed by atoms with Crippen molar-refractivity contribution < 1.29 is 28.4 Å². The SMILES string of the molecule is COc1cc(C)c(C[NH+](C)CC(=O)NNC(=O)c2ccco2)cc1OC. The first kappa shape index (κ1) is 19.3. The lowest BCUT2D eigenvalue weighted by Gasteiger charge is -2.17. The van der Waals surface area contributed by atoms with Crippen LogP contribution in [0.4, 0.5) is 0 Å². The maximum Gasteiger partial charge on any atom is 0.305 e. The summed E-state index contributed by atoms with van der Waals surface area (Å²) in [5.74, 6) is 0.644. The molecule has 8 heteroatoms. The standard InChI is InChI=1S/C18H23N3O5/c1-12-8-15(24-3)16(25-4)9-13(12)10-21(2)11-17(22)19-20-18(23)14-6-5-7-26-14/h5-9H,10-11H2,1-4H3,(H,19,22)(H,20,23)/p+1. The van der Waals surface area contributed by atoms with Crippen molar-refractivity contribution in [2.24, 2.45) is 0 Å². The molecule has 0 aliphatic heterocycles. The number of methoxy groups -OCH3 is 2. The van der Waals surface area contributed by atoms with Gasteiger partial charge in [0.05, 0.1) is 27.5 Å². The van der Waals surface area contributed by atoms with Crippen molar-refractivity contribution in [3.8, 4) is 11.5 Å². The minimum atomic E-state index is -0.503. The maximum absolute atomic E-state index is 12.0. The van der Waals surface area contributed by atoms with Crippen LogP contribution in [0.3, 0.4) is 0 Å². The highest BCUT2D eigenvalue weighted by Crippen LogP contribution is 2.29. The van der Waals surface area contributed by atoms with Crippen LogP contribution in [0.25, 0.3) is 0 Å². The van der Waals surface area contributed by atoms with E-state index in [0.29, 0.717) is 18.0 Å². The zero-order valence-electron chi connectivity index (χ0n) is 15.3. The van der Waals surface area contributed by atoms with Gasteiger partial charge >= 0.3 is 5.91 Å². The normalized spacial score (nSPS) is 11.5. The van der Waals surface area contributed by atoms with Crippen molar-refractivity contribution >= 4 is 11.8 Å². The third kappa shape index (κ3) is 5.00. The van der Waals surface area contributed by atoms with Gasteiger partial charge in [0.1, 0.15) is 6.54 Å². The third-order valence-electron chi connectivity index (χ3n) is 3.86. The number of carbonyl (C=O) groups is 2. The fraction of sp³-hybridized carbons (Fsp3) is 0.333. The Morgan fingerprint density at radius 3 is 2.46 bits per heavy atom. The van der Waals surface area contributed by atoms with Crippen molar-refractivity contribution in [1.29, 1.82) is 0 Å². The molecule has 1 aromatic carbocycles. The van der Waals surface area contributed by atoms with Crippen LogP contribution < -0.4 is 25.2 Å². The van der Waals surface area contributed by atoms with Crippen LogP contribution in [-0.4, -0.2) is 39.6 Å². The van der Waals surface area contributed by atoms with E-state index < -0.39 is 5.91 Å². The number of hydrogen-bond acceptors (Lipinski definition) is 5. The van der Waals surface area contributed by atoms with E-state index in [9.17, 15) is 9.59 Å². The smallest absolute Gasteiger partial charge is 0.305 e. The van der Waals surface area contributed by atoms with Crippen LogP contribution in [0.15, 0.2) is 34.9 Å². The summed E-state index contributed by atoms with van der Waals surface area (Å²) in [7, 11) is 5.07. The van der Waals surface area contributed by atoms with Crippen LogP contribution >= 0.6 is 0 Å². The number of furan rings is 1. The van der Waals surface area contributed by atoms with Gasteiger partial charge in [0.2, 0.25) is 0 Å². The predicted octanol–water partition coefficient (Wildman–Crippen LogP) is 0.0811. The zero-order valence-corrected chi connectivity index (χ0v) is 15.3. The minimum absolute atomic E-state index is 0.131. The van der Waals surface area contributed by atoms with Gasteiger partial charge in [-0.2, -0.15) is 0 Å². The average Bonchev–Trinajstić information content (AvgIpc) is 3.15. The molecule has 8 nitrogen and oxygen atoms in total. The lowest BCUT2D eigenvalue weighted by atomic mass is 10.1. The van der Waals surface area contributed by atoms with Gasteiger partial charge in [-0.3, -0.25) is 20.4 Å². The topological polar surface area (TPSA) is 94.2 Å². The van der Waals surface area contributed by atoms with E-state index in [1.54, 1.807) is 20.3 Å². The van der Waals surface area contributed by atoms with Gasteiger partial charge < -0.3 is 18.8 Å². The van der Waals surface area contributed by atoms with E-state index in [4.69, 9.17) is 13.9 Å². The molecule has 0 spiro atoms. The van der Waals surface area contributed by atoms with Gasteiger partial charge in [-0.1, -0.05) is 0 Å². The molecule has 0 aliphatic rings. The van der Waals surface area contributed by atoms with Crippen LogP contribution in [0.2, 0.25) is 0 Å². The molecule has 1 atom stereocenters. The molecular formula is C18H24N3O5+. The second-order valence-electron chi connectivity index (χ2n) is 5.92. The Morgan fingerprint density at radius 1 is 1.15 bits per heavy atom. The minimum Gasteiger partial charge on any atom is -0.493 e. The number of quaternary nitrogens is 1. The number of amides is 2. The lowest BCUT2D eigenvalue weighted by molar-refractivity contribution is -0.885. The summed E-state index contributed by atoms with van der Waals surface area (Å²) in [6.45, 7) is 2.78. The summed E-state index contributed by atoms with van der Waals surface area (Å²) in [5.41, 5.74) is 6.79. The second-order valence-corrected chi connectivity index (χ2v) is 5.92. The molecule has 2 amide bonds. The quantitative estimate of drug-likeness (QED) is 0.607. The number of hydrazine groups is 1. The first-order valence-electron chi connectivity index (χ1n) is 8.10. The fourth-order valence-corrected chi connectivity index (χ4v) is 2.51. The molecule has 0 saturated carbocycles. The molecule has 0 saturated heterocycles. The first-order chi connectivity index (χ1) is 12.4. The zero-order chi connectivity index (χ0) is 19.1. The Hall–Kier alpha value is -3.00. The number of likely N-dealkylation sites (N-methyl/N-ethyl adjacent to an activating group) is 1. The highest BCUT2D eigenvalue weighted by Gasteiger charge is 2.16. The molecular weight excluding hydrogens is 338 g/mol. The first-order valence-corrected chi connectivity index (χ1v) is 8.10. The van der Waals surface area contributed by atoms with Crippen molar-refractivity contribution in [3.63, 3.8) is 0 Å². The van der Waals surface area contributed by atoms with Crippen LogP contribution in [0.1, 0.15) is 21.7 Å². The fourth-order valence-electron chi connectivity index (χ4n) is 2.51. The summed E-state index contributed by atoms with van der Waals surface area (Å²) in [6.07, 6.45) is 1.39. The summed E-state index contributed by atoms with van der Waals surface area (Å²) < 4.78 is 15.6. The number of hydrogen-bond donors (Lipinski definition) is 3.